The first-order valence-electron chi connectivity index (χ1n) is 4.96. The van der Waals surface area contributed by atoms with E-state index >= 15 is 0 Å². The van der Waals surface area contributed by atoms with E-state index < -0.39 is 0 Å². The number of hydrogen-bond donors (Lipinski definition) is 0. The highest BCUT2D eigenvalue weighted by Crippen LogP contribution is 2.21. The van der Waals surface area contributed by atoms with Crippen molar-refractivity contribution in [2.45, 2.75) is 5.75 Å². The summed E-state index contributed by atoms with van der Waals surface area (Å²) in [5, 5.41) is 2.60. The molecule has 0 bridgehead atoms. The molecule has 0 atom stereocenters. The summed E-state index contributed by atoms with van der Waals surface area (Å²) in [6.45, 7) is 0. The average molecular weight is 189 g/mol. The van der Waals surface area contributed by atoms with Crippen molar-refractivity contribution in [3.05, 3.63) is 48.0 Å². The van der Waals surface area contributed by atoms with Gasteiger partial charge in [-0.25, -0.2) is 0 Å². The molecule has 0 aliphatic carbocycles. The third-order valence-corrected chi connectivity index (χ3v) is 2.65. The molecule has 0 aromatic heterocycles. The van der Waals surface area contributed by atoms with Gasteiger partial charge in [-0.1, -0.05) is 42.5 Å². The van der Waals surface area contributed by atoms with Crippen LogP contribution in [-0.4, -0.2) is 6.23 Å². The van der Waals surface area contributed by atoms with Crippen LogP contribution in [0.4, 0.5) is 0 Å². The molecule has 0 saturated carbocycles. The summed E-state index contributed by atoms with van der Waals surface area (Å²) < 4.78 is 7.12. The second-order valence-electron chi connectivity index (χ2n) is 2.99. The minimum Gasteiger partial charge on any atom is -0.161 e. The fourth-order valence-electron chi connectivity index (χ4n) is 1.53. The molecule has 0 nitrogen and oxygen atoms in total. The number of rotatable bonds is 2. The lowest BCUT2D eigenvalue weighted by Gasteiger charge is -2.03. The summed E-state index contributed by atoms with van der Waals surface area (Å²) in [5.74, 6) is 0.935. The Hall–Kier alpha value is -0.950. The van der Waals surface area contributed by atoms with Crippen molar-refractivity contribution >= 4 is 22.5 Å². The molecule has 0 aliphatic rings. The summed E-state index contributed by atoms with van der Waals surface area (Å²) >= 11 is 1.64. The smallest absolute Gasteiger partial charge is 0.0344 e. The van der Waals surface area contributed by atoms with E-state index in [1.165, 1.54) is 16.3 Å². The highest BCUT2D eigenvalue weighted by molar-refractivity contribution is 7.97. The highest BCUT2D eigenvalue weighted by Gasteiger charge is 1.97. The summed E-state index contributed by atoms with van der Waals surface area (Å²) in [6.07, 6.45) is 0.434. The van der Waals surface area contributed by atoms with Gasteiger partial charge in [-0.3, -0.25) is 0 Å². The van der Waals surface area contributed by atoms with Gasteiger partial charge in [0.05, 0.1) is 0 Å². The number of hydrogen-bond acceptors (Lipinski definition) is 1. The van der Waals surface area contributed by atoms with Gasteiger partial charge in [0.25, 0.3) is 0 Å². The molecule has 1 heteroatoms. The van der Waals surface area contributed by atoms with E-state index in [0.717, 1.165) is 5.75 Å². The molecule has 2 aromatic rings. The Labute approximate surface area is 84.4 Å². The number of benzene rings is 2. The Morgan fingerprint density at radius 3 is 2.92 bits per heavy atom. The van der Waals surface area contributed by atoms with Gasteiger partial charge >= 0.3 is 0 Å². The van der Waals surface area contributed by atoms with Gasteiger partial charge in [0, 0.05) is 7.12 Å². The predicted molar refractivity (Wildman–Crippen MR) is 61.2 cm³/mol. The quantitative estimate of drug-likeness (QED) is 0.694. The van der Waals surface area contributed by atoms with Crippen LogP contribution in [0.3, 0.4) is 0 Å². The van der Waals surface area contributed by atoms with E-state index in [9.17, 15) is 0 Å². The Kier molecular flexibility index (Phi) is 2.20. The van der Waals surface area contributed by atoms with E-state index in [-0.39, 0.29) is 0 Å². The lowest BCUT2D eigenvalue weighted by atomic mass is 10.1. The van der Waals surface area contributed by atoms with Gasteiger partial charge in [0.2, 0.25) is 0 Å². The van der Waals surface area contributed by atoms with Gasteiger partial charge < -0.3 is 0 Å². The van der Waals surface area contributed by atoms with Gasteiger partial charge in [0.15, 0.2) is 0 Å². The van der Waals surface area contributed by atoms with Gasteiger partial charge in [-0.15, -0.1) is 0 Å². The standard InChI is InChI=1S/C12H12S/c1-13-9-11-7-4-6-10-5-2-3-8-12(10)11/h2-8H,9H2,1H3/i1D. The lowest BCUT2D eigenvalue weighted by molar-refractivity contribution is 1.47. The first-order chi connectivity index (χ1) is 6.92. The van der Waals surface area contributed by atoms with Crippen LogP contribution in [0.15, 0.2) is 42.5 Å². The Morgan fingerprint density at radius 2 is 2.00 bits per heavy atom. The van der Waals surface area contributed by atoms with Gasteiger partial charge in [-0.05, 0) is 22.6 Å². The van der Waals surface area contributed by atoms with Crippen LogP contribution in [0.5, 0.6) is 0 Å². The molecule has 13 heavy (non-hydrogen) atoms. The molecule has 0 amide bonds. The topological polar surface area (TPSA) is 0 Å². The van der Waals surface area contributed by atoms with Crippen LogP contribution in [0.25, 0.3) is 10.8 Å². The maximum absolute atomic E-state index is 7.12. The lowest BCUT2D eigenvalue weighted by Crippen LogP contribution is -1.82. The Bertz CT molecular complexity index is 420. The van der Waals surface area contributed by atoms with E-state index in [1.54, 1.807) is 11.8 Å². The van der Waals surface area contributed by atoms with Crippen molar-refractivity contribution in [3.63, 3.8) is 0 Å². The molecule has 0 radical (unpaired) electrons. The molecule has 0 N–H and O–H groups in total. The molecule has 0 spiro atoms. The SMILES string of the molecule is [2H]CSCc1cccc2ccccc12. The van der Waals surface area contributed by atoms with Crippen LogP contribution in [0.1, 0.15) is 6.93 Å². The average Bonchev–Trinajstić information content (AvgIpc) is 2.26. The van der Waals surface area contributed by atoms with Crippen LogP contribution >= 0.6 is 11.8 Å². The van der Waals surface area contributed by atoms with Crippen LogP contribution in [-0.2, 0) is 5.75 Å². The zero-order valence-corrected chi connectivity index (χ0v) is 8.18. The molecule has 0 saturated heterocycles. The first kappa shape index (κ1) is 7.45. The fraction of sp³-hybridized carbons (Fsp3) is 0.167. The second-order valence-corrected chi connectivity index (χ2v) is 3.68. The molecule has 2 aromatic carbocycles. The van der Waals surface area contributed by atoms with Crippen molar-refractivity contribution in [1.82, 2.24) is 0 Å². The third kappa shape index (κ3) is 1.70. The van der Waals surface area contributed by atoms with Gasteiger partial charge in [0.1, 0.15) is 0 Å². The summed E-state index contributed by atoms with van der Waals surface area (Å²) in [7, 11) is 0. The van der Waals surface area contributed by atoms with E-state index in [1.807, 2.05) is 0 Å². The zero-order chi connectivity index (χ0) is 9.80. The highest BCUT2D eigenvalue weighted by atomic mass is 32.2. The summed E-state index contributed by atoms with van der Waals surface area (Å²) in [4.78, 5) is 0. The van der Waals surface area contributed by atoms with Crippen LogP contribution in [0, 0.1) is 0 Å². The molecule has 0 heterocycles. The molecule has 66 valence electrons. The molecule has 0 fully saturated rings. The molecule has 2 rings (SSSR count). The van der Waals surface area contributed by atoms with Crippen molar-refractivity contribution in [3.8, 4) is 0 Å². The monoisotopic (exact) mass is 189 g/mol. The maximum atomic E-state index is 7.12. The van der Waals surface area contributed by atoms with E-state index in [0.29, 0.717) is 6.23 Å². The minimum absolute atomic E-state index is 0.434. The van der Waals surface area contributed by atoms with Crippen molar-refractivity contribution in [2.24, 2.45) is 0 Å². The van der Waals surface area contributed by atoms with Crippen LogP contribution < -0.4 is 0 Å². The third-order valence-electron chi connectivity index (χ3n) is 2.14. The van der Waals surface area contributed by atoms with Crippen molar-refractivity contribution in [1.29, 1.82) is 0 Å². The van der Waals surface area contributed by atoms with Gasteiger partial charge in [-0.2, -0.15) is 11.8 Å². The normalized spacial score (nSPS) is 11.5. The summed E-state index contributed by atoms with van der Waals surface area (Å²) in [6, 6.07) is 14.8. The van der Waals surface area contributed by atoms with E-state index in [2.05, 4.69) is 42.5 Å². The summed E-state index contributed by atoms with van der Waals surface area (Å²) in [5.41, 5.74) is 1.33. The second kappa shape index (κ2) is 3.84. The zero-order valence-electron chi connectivity index (χ0n) is 8.36. The largest absolute Gasteiger partial charge is 0.161 e. The number of thioether (sulfide) groups is 1. The Balaban J connectivity index is 2.43. The van der Waals surface area contributed by atoms with Crippen LogP contribution in [0.2, 0.25) is 0 Å². The molecular formula is C12H12S. The Morgan fingerprint density at radius 1 is 1.15 bits per heavy atom. The molecule has 0 unspecified atom stereocenters. The first-order valence-corrected chi connectivity index (χ1v) is 5.41. The molecular weight excluding hydrogens is 176 g/mol. The van der Waals surface area contributed by atoms with Crippen molar-refractivity contribution < 1.29 is 1.37 Å². The maximum Gasteiger partial charge on any atom is 0.0344 e. The van der Waals surface area contributed by atoms with Crippen molar-refractivity contribution in [2.75, 3.05) is 6.23 Å². The number of fused-ring (bicyclic) bond motifs is 1. The molecule has 0 aliphatic heterocycles. The minimum atomic E-state index is 0.434. The van der Waals surface area contributed by atoms with E-state index in [4.69, 9.17) is 1.37 Å². The predicted octanol–water partition coefficient (Wildman–Crippen LogP) is 3.70. The fourth-order valence-corrected chi connectivity index (χ4v) is 2.00.